The van der Waals surface area contributed by atoms with E-state index in [1.807, 2.05) is 32.0 Å². The summed E-state index contributed by atoms with van der Waals surface area (Å²) in [5.41, 5.74) is 2.95. The van der Waals surface area contributed by atoms with Gasteiger partial charge in [-0.05, 0) is 68.3 Å². The van der Waals surface area contributed by atoms with Gasteiger partial charge >= 0.3 is 0 Å². The number of carbonyl (C=O) groups is 1. The summed E-state index contributed by atoms with van der Waals surface area (Å²) < 4.78 is 5.71. The van der Waals surface area contributed by atoms with Gasteiger partial charge in [-0.1, -0.05) is 17.7 Å². The van der Waals surface area contributed by atoms with E-state index in [1.165, 1.54) is 5.56 Å². The number of ketones is 1. The second-order valence-electron chi connectivity index (χ2n) is 4.88. The van der Waals surface area contributed by atoms with Gasteiger partial charge < -0.3 is 4.74 Å². The first-order valence-electron chi connectivity index (χ1n) is 6.51. The fourth-order valence-electron chi connectivity index (χ4n) is 1.89. The summed E-state index contributed by atoms with van der Waals surface area (Å²) in [7, 11) is 0. The summed E-state index contributed by atoms with van der Waals surface area (Å²) in [5, 5.41) is 0.615. The number of hydrogen-bond acceptors (Lipinski definition) is 2. The topological polar surface area (TPSA) is 26.3 Å². The van der Waals surface area contributed by atoms with E-state index in [0.717, 1.165) is 5.56 Å². The van der Waals surface area contributed by atoms with Crippen molar-refractivity contribution in [3.8, 4) is 5.75 Å². The van der Waals surface area contributed by atoms with Crippen molar-refractivity contribution in [3.05, 3.63) is 64.2 Å². The molecule has 0 aliphatic rings. The van der Waals surface area contributed by atoms with Crippen LogP contribution in [0.1, 0.15) is 28.4 Å². The van der Waals surface area contributed by atoms with E-state index in [0.29, 0.717) is 16.3 Å². The average Bonchev–Trinajstić information content (AvgIpc) is 2.43. The molecule has 1 unspecified atom stereocenters. The lowest BCUT2D eigenvalue weighted by Gasteiger charge is -2.14. The van der Waals surface area contributed by atoms with Crippen molar-refractivity contribution in [2.75, 3.05) is 0 Å². The van der Waals surface area contributed by atoms with Crippen LogP contribution >= 0.6 is 11.6 Å². The highest BCUT2D eigenvalue weighted by molar-refractivity contribution is 6.30. The molecule has 0 amide bonds. The van der Waals surface area contributed by atoms with Crippen molar-refractivity contribution in [1.82, 2.24) is 0 Å². The summed E-state index contributed by atoms with van der Waals surface area (Å²) in [6, 6.07) is 12.7. The molecule has 0 aromatic heterocycles. The van der Waals surface area contributed by atoms with Crippen LogP contribution in [0.15, 0.2) is 42.5 Å². The van der Waals surface area contributed by atoms with Crippen LogP contribution in [0.25, 0.3) is 0 Å². The van der Waals surface area contributed by atoms with Crippen LogP contribution in [-0.2, 0) is 0 Å². The van der Waals surface area contributed by atoms with Crippen molar-refractivity contribution in [2.24, 2.45) is 0 Å². The second-order valence-corrected chi connectivity index (χ2v) is 5.31. The molecule has 0 bridgehead atoms. The SMILES string of the molecule is Cc1ccc(OC(C)C(=O)c2ccc(Cl)cc2)cc1C. The molecule has 0 heterocycles. The largest absolute Gasteiger partial charge is 0.483 e. The van der Waals surface area contributed by atoms with E-state index in [1.54, 1.807) is 31.2 Å². The van der Waals surface area contributed by atoms with Crippen LogP contribution in [0.5, 0.6) is 5.75 Å². The lowest BCUT2D eigenvalue weighted by Crippen LogP contribution is -2.23. The molecule has 2 nitrogen and oxygen atoms in total. The standard InChI is InChI=1S/C17H17ClO2/c1-11-4-9-16(10-12(11)2)20-13(3)17(19)14-5-7-15(18)8-6-14/h4-10,13H,1-3H3. The highest BCUT2D eigenvalue weighted by atomic mass is 35.5. The van der Waals surface area contributed by atoms with Crippen LogP contribution in [0.4, 0.5) is 0 Å². The van der Waals surface area contributed by atoms with E-state index in [4.69, 9.17) is 16.3 Å². The molecule has 3 heteroatoms. The third kappa shape index (κ3) is 3.40. The van der Waals surface area contributed by atoms with Gasteiger partial charge in [-0.3, -0.25) is 4.79 Å². The number of aryl methyl sites for hydroxylation is 2. The Morgan fingerprint density at radius 2 is 1.70 bits per heavy atom. The first kappa shape index (κ1) is 14.6. The Labute approximate surface area is 124 Å². The third-order valence-corrected chi connectivity index (χ3v) is 3.54. The minimum Gasteiger partial charge on any atom is -0.483 e. The van der Waals surface area contributed by atoms with Crippen molar-refractivity contribution < 1.29 is 9.53 Å². The van der Waals surface area contributed by atoms with Crippen molar-refractivity contribution in [3.63, 3.8) is 0 Å². The lowest BCUT2D eigenvalue weighted by atomic mass is 10.1. The maximum Gasteiger partial charge on any atom is 0.202 e. The highest BCUT2D eigenvalue weighted by Crippen LogP contribution is 2.19. The molecule has 0 saturated heterocycles. The number of hydrogen-bond donors (Lipinski definition) is 0. The number of carbonyl (C=O) groups excluding carboxylic acids is 1. The Morgan fingerprint density at radius 3 is 2.30 bits per heavy atom. The number of benzene rings is 2. The fraction of sp³-hybridized carbons (Fsp3) is 0.235. The van der Waals surface area contributed by atoms with Gasteiger partial charge in [0.1, 0.15) is 5.75 Å². The van der Waals surface area contributed by atoms with Gasteiger partial charge in [0.25, 0.3) is 0 Å². The lowest BCUT2D eigenvalue weighted by molar-refractivity contribution is 0.0818. The van der Waals surface area contributed by atoms with Gasteiger partial charge in [-0.2, -0.15) is 0 Å². The predicted octanol–water partition coefficient (Wildman–Crippen LogP) is 4.61. The Bertz CT molecular complexity index is 617. The molecule has 0 spiro atoms. The van der Waals surface area contributed by atoms with Crippen molar-refractivity contribution in [1.29, 1.82) is 0 Å². The molecular weight excluding hydrogens is 272 g/mol. The van der Waals surface area contributed by atoms with Gasteiger partial charge in [0.15, 0.2) is 6.10 Å². The van der Waals surface area contributed by atoms with Crippen LogP contribution in [0.3, 0.4) is 0 Å². The summed E-state index contributed by atoms with van der Waals surface area (Å²) in [4.78, 5) is 12.2. The monoisotopic (exact) mass is 288 g/mol. The first-order chi connectivity index (χ1) is 9.47. The molecule has 0 aliphatic carbocycles. The van der Waals surface area contributed by atoms with E-state index in [9.17, 15) is 4.79 Å². The molecule has 0 saturated carbocycles. The summed E-state index contributed by atoms with van der Waals surface area (Å²) in [6.45, 7) is 5.82. The van der Waals surface area contributed by atoms with Crippen LogP contribution in [-0.4, -0.2) is 11.9 Å². The van der Waals surface area contributed by atoms with E-state index >= 15 is 0 Å². The zero-order valence-corrected chi connectivity index (χ0v) is 12.6. The normalized spacial score (nSPS) is 12.0. The quantitative estimate of drug-likeness (QED) is 0.768. The molecule has 20 heavy (non-hydrogen) atoms. The van der Waals surface area contributed by atoms with Crippen LogP contribution in [0, 0.1) is 13.8 Å². The predicted molar refractivity (Wildman–Crippen MR) is 81.8 cm³/mol. The van der Waals surface area contributed by atoms with E-state index in [-0.39, 0.29) is 5.78 Å². The van der Waals surface area contributed by atoms with E-state index in [2.05, 4.69) is 0 Å². The van der Waals surface area contributed by atoms with Crippen LogP contribution in [0.2, 0.25) is 5.02 Å². The molecule has 0 N–H and O–H groups in total. The maximum absolute atomic E-state index is 12.2. The van der Waals surface area contributed by atoms with Gasteiger partial charge in [0.2, 0.25) is 5.78 Å². The zero-order valence-electron chi connectivity index (χ0n) is 11.8. The Balaban J connectivity index is 2.11. The molecular formula is C17H17ClO2. The van der Waals surface area contributed by atoms with Gasteiger partial charge in [0, 0.05) is 10.6 Å². The van der Waals surface area contributed by atoms with Crippen molar-refractivity contribution in [2.45, 2.75) is 26.9 Å². The molecule has 1 atom stereocenters. The molecule has 104 valence electrons. The van der Waals surface area contributed by atoms with Gasteiger partial charge in [-0.25, -0.2) is 0 Å². The number of rotatable bonds is 4. The molecule has 2 aromatic rings. The first-order valence-corrected chi connectivity index (χ1v) is 6.89. The number of halogens is 1. The Kier molecular flexibility index (Phi) is 4.46. The molecule has 0 aliphatic heterocycles. The Morgan fingerprint density at radius 1 is 1.05 bits per heavy atom. The fourth-order valence-corrected chi connectivity index (χ4v) is 2.02. The Hall–Kier alpha value is -1.80. The summed E-state index contributed by atoms with van der Waals surface area (Å²) in [5.74, 6) is 0.655. The van der Waals surface area contributed by atoms with Gasteiger partial charge in [0.05, 0.1) is 0 Å². The third-order valence-electron chi connectivity index (χ3n) is 3.29. The minimum absolute atomic E-state index is 0.0557. The zero-order chi connectivity index (χ0) is 14.7. The average molecular weight is 289 g/mol. The number of ether oxygens (including phenoxy) is 1. The van der Waals surface area contributed by atoms with Crippen LogP contribution < -0.4 is 4.74 Å². The second kappa shape index (κ2) is 6.10. The summed E-state index contributed by atoms with van der Waals surface area (Å²) >= 11 is 5.82. The molecule has 0 radical (unpaired) electrons. The maximum atomic E-state index is 12.2. The molecule has 0 fully saturated rings. The minimum atomic E-state index is -0.529. The smallest absolute Gasteiger partial charge is 0.202 e. The summed E-state index contributed by atoms with van der Waals surface area (Å²) in [6.07, 6.45) is -0.529. The highest BCUT2D eigenvalue weighted by Gasteiger charge is 2.17. The van der Waals surface area contributed by atoms with E-state index < -0.39 is 6.10 Å². The number of Topliss-reactive ketones (excluding diaryl/α,β-unsaturated/α-hetero) is 1. The molecule has 2 rings (SSSR count). The van der Waals surface area contributed by atoms with Crippen molar-refractivity contribution >= 4 is 17.4 Å². The van der Waals surface area contributed by atoms with Gasteiger partial charge in [-0.15, -0.1) is 0 Å². The molecule has 2 aromatic carbocycles.